The topological polar surface area (TPSA) is 67.7 Å². The Labute approximate surface area is 147 Å². The van der Waals surface area contributed by atoms with Crippen LogP contribution in [0, 0.1) is 5.92 Å². The van der Waals surface area contributed by atoms with E-state index in [0.717, 1.165) is 44.8 Å². The van der Waals surface area contributed by atoms with Crippen molar-refractivity contribution in [2.24, 2.45) is 5.92 Å². The zero-order valence-electron chi connectivity index (χ0n) is 14.6. The van der Waals surface area contributed by atoms with Crippen molar-refractivity contribution in [1.82, 2.24) is 19.6 Å². The molecule has 2 aliphatic heterocycles. The molecule has 25 heavy (non-hydrogen) atoms. The number of likely N-dealkylation sites (tertiary alicyclic amines) is 1. The van der Waals surface area contributed by atoms with Crippen LogP contribution in [0.15, 0.2) is 16.9 Å². The summed E-state index contributed by atoms with van der Waals surface area (Å²) >= 11 is 0. The van der Waals surface area contributed by atoms with Gasteiger partial charge in [0.2, 0.25) is 5.91 Å². The Kier molecular flexibility index (Phi) is 4.85. The predicted molar refractivity (Wildman–Crippen MR) is 92.4 cm³/mol. The van der Waals surface area contributed by atoms with Crippen molar-refractivity contribution in [2.75, 3.05) is 45.9 Å². The number of carbonyl (C=O) groups is 1. The average Bonchev–Trinajstić information content (AvgIpc) is 3.40. The highest BCUT2D eigenvalue weighted by Crippen LogP contribution is 2.38. The van der Waals surface area contributed by atoms with Gasteiger partial charge in [0.15, 0.2) is 0 Å². The fourth-order valence-corrected chi connectivity index (χ4v) is 3.64. The first-order chi connectivity index (χ1) is 12.2. The minimum absolute atomic E-state index is 0.00184. The van der Waals surface area contributed by atoms with E-state index in [1.165, 1.54) is 12.8 Å². The van der Waals surface area contributed by atoms with E-state index in [2.05, 4.69) is 10.00 Å². The monoisotopic (exact) mass is 346 g/mol. The molecule has 1 aromatic rings. The van der Waals surface area contributed by atoms with Gasteiger partial charge >= 0.3 is 0 Å². The second kappa shape index (κ2) is 7.25. The summed E-state index contributed by atoms with van der Waals surface area (Å²) in [5.74, 6) is 1.14. The number of hydrogen-bond acceptors (Lipinski definition) is 5. The normalized spacial score (nSPS) is 22.7. The molecule has 0 unspecified atom stereocenters. The van der Waals surface area contributed by atoms with Gasteiger partial charge in [-0.1, -0.05) is 0 Å². The third-order valence-electron chi connectivity index (χ3n) is 5.33. The molecule has 7 nitrogen and oxygen atoms in total. The van der Waals surface area contributed by atoms with E-state index in [0.29, 0.717) is 25.0 Å². The third-order valence-corrected chi connectivity index (χ3v) is 5.33. The summed E-state index contributed by atoms with van der Waals surface area (Å²) in [6, 6.07) is 3.54. The smallest absolute Gasteiger partial charge is 0.266 e. The number of aromatic nitrogens is 2. The van der Waals surface area contributed by atoms with Crippen LogP contribution in [0.25, 0.3) is 0 Å². The zero-order chi connectivity index (χ0) is 17.2. The molecule has 0 bridgehead atoms. The Balaban J connectivity index is 1.23. The zero-order valence-corrected chi connectivity index (χ0v) is 14.6. The molecule has 3 heterocycles. The highest BCUT2D eigenvalue weighted by Gasteiger charge is 2.29. The lowest BCUT2D eigenvalue weighted by Crippen LogP contribution is -2.52. The summed E-state index contributed by atoms with van der Waals surface area (Å²) in [5.41, 5.74) is 1.07. The van der Waals surface area contributed by atoms with Crippen molar-refractivity contribution in [3.8, 4) is 0 Å². The fourth-order valence-electron chi connectivity index (χ4n) is 3.64. The van der Waals surface area contributed by atoms with Gasteiger partial charge in [-0.15, -0.1) is 0 Å². The Morgan fingerprint density at radius 1 is 1.16 bits per heavy atom. The number of amides is 1. The molecule has 0 atom stereocenters. The Morgan fingerprint density at radius 2 is 2.00 bits per heavy atom. The molecular weight excluding hydrogens is 320 g/mol. The molecule has 0 radical (unpaired) electrons. The van der Waals surface area contributed by atoms with Crippen LogP contribution in [0.3, 0.4) is 0 Å². The van der Waals surface area contributed by atoms with E-state index < -0.39 is 0 Å². The van der Waals surface area contributed by atoms with E-state index in [9.17, 15) is 9.59 Å². The van der Waals surface area contributed by atoms with Crippen LogP contribution in [0.4, 0.5) is 0 Å². The molecule has 4 rings (SSSR count). The van der Waals surface area contributed by atoms with E-state index in [-0.39, 0.29) is 18.1 Å². The Hall–Kier alpha value is -1.73. The molecule has 0 aromatic carbocycles. The van der Waals surface area contributed by atoms with Gasteiger partial charge in [-0.05, 0) is 25.3 Å². The molecule has 1 saturated carbocycles. The van der Waals surface area contributed by atoms with E-state index >= 15 is 0 Å². The van der Waals surface area contributed by atoms with Gasteiger partial charge in [0, 0.05) is 57.2 Å². The van der Waals surface area contributed by atoms with Gasteiger partial charge in [0.25, 0.3) is 5.56 Å². The van der Waals surface area contributed by atoms with Crippen LogP contribution < -0.4 is 5.56 Å². The van der Waals surface area contributed by atoms with Gasteiger partial charge in [0.05, 0.1) is 12.2 Å². The number of ether oxygens (including phenoxy) is 1. The number of carbonyl (C=O) groups excluding carboxylic acids is 1. The van der Waals surface area contributed by atoms with Crippen molar-refractivity contribution in [3.63, 3.8) is 0 Å². The van der Waals surface area contributed by atoms with E-state index in [1.807, 2.05) is 11.0 Å². The fraction of sp³-hybridized carbons (Fsp3) is 0.722. The lowest BCUT2D eigenvalue weighted by atomic mass is 10.0. The van der Waals surface area contributed by atoms with Crippen LogP contribution in [0.5, 0.6) is 0 Å². The van der Waals surface area contributed by atoms with Crippen LogP contribution in [0.1, 0.15) is 30.9 Å². The molecule has 0 spiro atoms. The maximum atomic E-state index is 12.0. The van der Waals surface area contributed by atoms with Crippen LogP contribution in [-0.4, -0.2) is 71.4 Å². The number of hydrogen-bond donors (Lipinski definition) is 0. The number of rotatable bonds is 6. The first-order valence-electron chi connectivity index (χ1n) is 9.35. The highest BCUT2D eigenvalue weighted by atomic mass is 16.5. The second-order valence-corrected chi connectivity index (χ2v) is 7.47. The molecule has 3 fully saturated rings. The molecule has 7 heteroatoms. The SMILES string of the molecule is O=C1COCCCN1CCN1CC(Cn2nc(C3CC3)ccc2=O)C1. The van der Waals surface area contributed by atoms with Crippen LogP contribution in [0.2, 0.25) is 0 Å². The van der Waals surface area contributed by atoms with Gasteiger partial charge in [-0.25, -0.2) is 4.68 Å². The molecule has 0 N–H and O–H groups in total. The number of nitrogens with zero attached hydrogens (tertiary/aromatic N) is 4. The summed E-state index contributed by atoms with van der Waals surface area (Å²) in [7, 11) is 0. The molecule has 136 valence electrons. The van der Waals surface area contributed by atoms with E-state index in [4.69, 9.17) is 4.74 Å². The quantitative estimate of drug-likeness (QED) is 0.741. The first kappa shape index (κ1) is 16.7. The average molecular weight is 346 g/mol. The van der Waals surface area contributed by atoms with Gasteiger partial charge < -0.3 is 14.5 Å². The highest BCUT2D eigenvalue weighted by molar-refractivity contribution is 5.77. The minimum atomic E-state index is -0.00184. The summed E-state index contributed by atoms with van der Waals surface area (Å²) in [6.07, 6.45) is 3.31. The van der Waals surface area contributed by atoms with Gasteiger partial charge in [-0.3, -0.25) is 9.59 Å². The Bertz CT molecular complexity index is 679. The summed E-state index contributed by atoms with van der Waals surface area (Å²) < 4.78 is 6.91. The van der Waals surface area contributed by atoms with E-state index in [1.54, 1.807) is 10.7 Å². The molecule has 1 aliphatic carbocycles. The predicted octanol–water partition coefficient (Wildman–Crippen LogP) is 0.301. The summed E-state index contributed by atoms with van der Waals surface area (Å²) in [4.78, 5) is 28.2. The van der Waals surface area contributed by atoms with Crippen LogP contribution >= 0.6 is 0 Å². The van der Waals surface area contributed by atoms with Crippen molar-refractivity contribution in [3.05, 3.63) is 28.2 Å². The molecule has 3 aliphatic rings. The minimum Gasteiger partial charge on any atom is -0.372 e. The van der Waals surface area contributed by atoms with Crippen LogP contribution in [-0.2, 0) is 16.1 Å². The van der Waals surface area contributed by atoms with Crippen molar-refractivity contribution in [2.45, 2.75) is 31.7 Å². The van der Waals surface area contributed by atoms with Crippen molar-refractivity contribution < 1.29 is 9.53 Å². The molecule has 2 saturated heterocycles. The summed E-state index contributed by atoms with van der Waals surface area (Å²) in [5, 5.41) is 4.54. The first-order valence-corrected chi connectivity index (χ1v) is 9.35. The third kappa shape index (κ3) is 4.10. The van der Waals surface area contributed by atoms with Gasteiger partial charge in [0.1, 0.15) is 6.61 Å². The maximum Gasteiger partial charge on any atom is 0.266 e. The summed E-state index contributed by atoms with van der Waals surface area (Å²) in [6.45, 7) is 6.00. The largest absolute Gasteiger partial charge is 0.372 e. The molecule has 1 amide bonds. The lowest BCUT2D eigenvalue weighted by molar-refractivity contribution is -0.134. The Morgan fingerprint density at radius 3 is 2.80 bits per heavy atom. The standard InChI is InChI=1S/C18H26N4O3/c23-17-5-4-16(15-2-3-15)19-22(17)12-14-10-20(11-14)7-8-21-6-1-9-25-13-18(21)24/h4-5,14-15H,1-3,6-13H2. The van der Waals surface area contributed by atoms with Gasteiger partial charge in [-0.2, -0.15) is 5.10 Å². The second-order valence-electron chi connectivity index (χ2n) is 7.47. The maximum absolute atomic E-state index is 12.0. The van der Waals surface area contributed by atoms with Crippen molar-refractivity contribution >= 4 is 5.91 Å². The molecule has 1 aromatic heterocycles. The van der Waals surface area contributed by atoms with Crippen molar-refractivity contribution in [1.29, 1.82) is 0 Å². The molecular formula is C18H26N4O3. The lowest BCUT2D eigenvalue weighted by Gasteiger charge is -2.40.